The van der Waals surface area contributed by atoms with Gasteiger partial charge in [-0.1, -0.05) is 36.6 Å². The predicted molar refractivity (Wildman–Crippen MR) is 135 cm³/mol. The van der Waals surface area contributed by atoms with Crippen molar-refractivity contribution in [1.29, 1.82) is 0 Å². The van der Waals surface area contributed by atoms with Crippen LogP contribution in [0.1, 0.15) is 70.8 Å². The standard InChI is InChI=1S/C29H37N3O3/c1-4-29(34)14-11-25-23-8-7-21-16-22(9-12-27(21,2)24(23)10-13-28(25,29)3)32-35-19-26(33)31-18-20-6-5-15-30-17-20/h1,5-6,15-17,23-25,34H,7-14,18-19H2,2-3H3,(H,31,33)/t23?,24?,25?,27-,28-,29+/m0/s1. The van der Waals surface area contributed by atoms with Crippen LogP contribution in [0.25, 0.3) is 0 Å². The molecule has 6 nitrogen and oxygen atoms in total. The number of amides is 1. The molecule has 2 N–H and O–H groups in total. The zero-order chi connectivity index (χ0) is 24.7. The highest BCUT2D eigenvalue weighted by molar-refractivity contribution is 5.96. The number of hydrogen-bond donors (Lipinski definition) is 2. The van der Waals surface area contributed by atoms with Crippen LogP contribution < -0.4 is 5.32 Å². The van der Waals surface area contributed by atoms with E-state index in [1.165, 1.54) is 5.57 Å². The fourth-order valence-corrected chi connectivity index (χ4v) is 7.82. The van der Waals surface area contributed by atoms with E-state index in [2.05, 4.69) is 41.3 Å². The molecule has 1 amide bonds. The van der Waals surface area contributed by atoms with Crippen LogP contribution in [0.3, 0.4) is 0 Å². The lowest BCUT2D eigenvalue weighted by molar-refractivity contribution is -0.125. The maximum absolute atomic E-state index is 12.1. The van der Waals surface area contributed by atoms with Crippen molar-refractivity contribution in [2.75, 3.05) is 6.61 Å². The summed E-state index contributed by atoms with van der Waals surface area (Å²) in [5.41, 5.74) is 2.41. The third-order valence-corrected chi connectivity index (χ3v) is 9.96. The molecule has 3 saturated carbocycles. The van der Waals surface area contributed by atoms with Crippen LogP contribution in [0.2, 0.25) is 0 Å². The number of carbonyl (C=O) groups is 1. The van der Waals surface area contributed by atoms with Crippen LogP contribution in [0.4, 0.5) is 0 Å². The molecule has 0 bridgehead atoms. The van der Waals surface area contributed by atoms with Gasteiger partial charge in [-0.2, -0.15) is 0 Å². The lowest BCUT2D eigenvalue weighted by Gasteiger charge is -2.58. The molecule has 35 heavy (non-hydrogen) atoms. The predicted octanol–water partition coefficient (Wildman–Crippen LogP) is 4.40. The number of aliphatic hydroxyl groups is 1. The van der Waals surface area contributed by atoms with Crippen LogP contribution in [0.15, 0.2) is 41.3 Å². The second-order valence-electron chi connectivity index (χ2n) is 11.5. The molecule has 6 heteroatoms. The molecule has 0 aromatic carbocycles. The third kappa shape index (κ3) is 4.08. The minimum absolute atomic E-state index is 0.0900. The van der Waals surface area contributed by atoms with Crippen LogP contribution in [-0.2, 0) is 16.2 Å². The van der Waals surface area contributed by atoms with E-state index in [9.17, 15) is 9.90 Å². The lowest BCUT2D eigenvalue weighted by Crippen LogP contribution is -2.54. The Bertz CT molecular complexity index is 1080. The summed E-state index contributed by atoms with van der Waals surface area (Å²) in [5.74, 6) is 4.33. The van der Waals surface area contributed by atoms with Crippen LogP contribution in [-0.4, -0.2) is 33.9 Å². The second kappa shape index (κ2) is 9.09. The normalized spacial score (nSPS) is 39.0. The molecule has 1 heterocycles. The van der Waals surface area contributed by atoms with Gasteiger partial charge in [0.2, 0.25) is 0 Å². The van der Waals surface area contributed by atoms with E-state index in [0.29, 0.717) is 24.3 Å². The molecule has 186 valence electrons. The highest BCUT2D eigenvalue weighted by Gasteiger charge is 2.63. The number of hydrogen-bond acceptors (Lipinski definition) is 5. The third-order valence-electron chi connectivity index (χ3n) is 9.96. The summed E-state index contributed by atoms with van der Waals surface area (Å²) in [6.07, 6.45) is 19.5. The molecule has 3 fully saturated rings. The van der Waals surface area contributed by atoms with Crippen molar-refractivity contribution in [3.8, 4) is 12.3 Å². The van der Waals surface area contributed by atoms with Gasteiger partial charge in [0.25, 0.3) is 5.91 Å². The molecule has 0 spiro atoms. The first-order valence-corrected chi connectivity index (χ1v) is 13.0. The number of terminal acetylenes is 1. The molecule has 5 rings (SSSR count). The smallest absolute Gasteiger partial charge is 0.261 e. The van der Waals surface area contributed by atoms with Crippen molar-refractivity contribution >= 4 is 11.6 Å². The van der Waals surface area contributed by atoms with Gasteiger partial charge in [-0.25, -0.2) is 0 Å². The summed E-state index contributed by atoms with van der Waals surface area (Å²) >= 11 is 0. The summed E-state index contributed by atoms with van der Waals surface area (Å²) < 4.78 is 0. The molecule has 1 aromatic heterocycles. The minimum Gasteiger partial charge on any atom is -0.385 e. The van der Waals surface area contributed by atoms with Gasteiger partial charge in [0.05, 0.1) is 5.71 Å². The van der Waals surface area contributed by atoms with E-state index in [1.807, 2.05) is 12.1 Å². The van der Waals surface area contributed by atoms with Crippen molar-refractivity contribution in [2.45, 2.75) is 77.4 Å². The van der Waals surface area contributed by atoms with Crippen molar-refractivity contribution in [3.05, 3.63) is 41.7 Å². The number of fused-ring (bicyclic) bond motifs is 5. The van der Waals surface area contributed by atoms with Crippen molar-refractivity contribution < 1.29 is 14.7 Å². The number of allylic oxidation sites excluding steroid dienone is 2. The monoisotopic (exact) mass is 475 g/mol. The van der Waals surface area contributed by atoms with Gasteiger partial charge in [0.1, 0.15) is 5.60 Å². The molecule has 1 aromatic rings. The van der Waals surface area contributed by atoms with Crippen LogP contribution in [0.5, 0.6) is 0 Å². The number of nitrogens with zero attached hydrogens (tertiary/aromatic N) is 2. The molecular formula is C29H37N3O3. The van der Waals surface area contributed by atoms with Crippen molar-refractivity contribution in [1.82, 2.24) is 10.3 Å². The van der Waals surface area contributed by atoms with Gasteiger partial charge in [0.15, 0.2) is 6.61 Å². The Morgan fingerprint density at radius 1 is 1.26 bits per heavy atom. The number of rotatable bonds is 5. The van der Waals surface area contributed by atoms with E-state index >= 15 is 0 Å². The van der Waals surface area contributed by atoms with Crippen molar-refractivity contribution in [3.63, 3.8) is 0 Å². The first-order chi connectivity index (χ1) is 16.8. The maximum atomic E-state index is 12.1. The molecule has 6 atom stereocenters. The fourth-order valence-electron chi connectivity index (χ4n) is 7.82. The average Bonchev–Trinajstić information content (AvgIpc) is 3.14. The number of pyridine rings is 1. The Labute approximate surface area is 208 Å². The Hall–Kier alpha value is -2.65. The fraction of sp³-hybridized carbons (Fsp3) is 0.621. The summed E-state index contributed by atoms with van der Waals surface area (Å²) in [7, 11) is 0. The van der Waals surface area contributed by atoms with E-state index in [0.717, 1.165) is 62.6 Å². The number of oxime groups is 1. The van der Waals surface area contributed by atoms with Gasteiger partial charge in [-0.3, -0.25) is 9.78 Å². The van der Waals surface area contributed by atoms with E-state index < -0.39 is 5.60 Å². The van der Waals surface area contributed by atoms with Crippen LogP contribution in [0, 0.1) is 40.9 Å². The van der Waals surface area contributed by atoms with Crippen LogP contribution >= 0.6 is 0 Å². The molecule has 4 aliphatic carbocycles. The Morgan fingerprint density at radius 2 is 2.09 bits per heavy atom. The van der Waals surface area contributed by atoms with Gasteiger partial charge in [-0.15, -0.1) is 6.42 Å². The molecule has 0 aliphatic heterocycles. The maximum Gasteiger partial charge on any atom is 0.261 e. The van der Waals surface area contributed by atoms with Gasteiger partial charge < -0.3 is 15.3 Å². The van der Waals surface area contributed by atoms with Crippen molar-refractivity contribution in [2.24, 2.45) is 33.7 Å². The zero-order valence-electron chi connectivity index (χ0n) is 20.9. The van der Waals surface area contributed by atoms with Gasteiger partial charge in [-0.05, 0) is 92.2 Å². The summed E-state index contributed by atoms with van der Waals surface area (Å²) in [6, 6.07) is 3.77. The minimum atomic E-state index is -0.951. The van der Waals surface area contributed by atoms with Gasteiger partial charge >= 0.3 is 0 Å². The Kier molecular flexibility index (Phi) is 6.25. The number of carbonyl (C=O) groups excluding carboxylic acids is 1. The summed E-state index contributed by atoms with van der Waals surface area (Å²) in [4.78, 5) is 21.6. The second-order valence-corrected chi connectivity index (χ2v) is 11.5. The van der Waals surface area contributed by atoms with Gasteiger partial charge in [0, 0.05) is 24.4 Å². The van der Waals surface area contributed by atoms with E-state index in [-0.39, 0.29) is 23.3 Å². The molecule has 0 saturated heterocycles. The average molecular weight is 476 g/mol. The summed E-state index contributed by atoms with van der Waals surface area (Å²) in [5, 5.41) is 18.3. The molecule has 0 radical (unpaired) electrons. The largest absolute Gasteiger partial charge is 0.385 e. The Balaban J connectivity index is 1.21. The topological polar surface area (TPSA) is 83.8 Å². The molecular weight excluding hydrogens is 438 g/mol. The number of aromatic nitrogens is 1. The Morgan fingerprint density at radius 3 is 2.86 bits per heavy atom. The molecule has 3 unspecified atom stereocenters. The first kappa shape index (κ1) is 24.1. The van der Waals surface area contributed by atoms with E-state index in [1.54, 1.807) is 12.4 Å². The highest BCUT2D eigenvalue weighted by Crippen LogP contribution is 2.67. The highest BCUT2D eigenvalue weighted by atomic mass is 16.6. The van der Waals surface area contributed by atoms with E-state index in [4.69, 9.17) is 11.3 Å². The quantitative estimate of drug-likeness (QED) is 0.488. The zero-order valence-corrected chi connectivity index (χ0v) is 20.9. The number of nitrogens with one attached hydrogen (secondary N) is 1. The molecule has 4 aliphatic rings. The SMILES string of the molecule is C#C[C@@]1(O)CCC2C3CCC4=CC(=NOCC(=O)NCc5cccnc5)CC[C@]4(C)C3CC[C@@]21C. The lowest BCUT2D eigenvalue weighted by atomic mass is 9.46. The first-order valence-electron chi connectivity index (χ1n) is 13.0. The summed E-state index contributed by atoms with van der Waals surface area (Å²) in [6.45, 7) is 5.01.